The zero-order chi connectivity index (χ0) is 19.7. The predicted molar refractivity (Wildman–Crippen MR) is 119 cm³/mol. The van der Waals surface area contributed by atoms with Crippen LogP contribution in [0.25, 0.3) is 10.9 Å². The highest BCUT2D eigenvalue weighted by atomic mass is 35.5. The minimum Gasteiger partial charge on any atom is -0.338 e. The minimum atomic E-state index is -0.258. The van der Waals surface area contributed by atoms with Gasteiger partial charge in [0.2, 0.25) is 5.95 Å². The summed E-state index contributed by atoms with van der Waals surface area (Å²) in [6.45, 7) is 4.44. The maximum atomic E-state index is 6.34. The molecule has 2 heterocycles. The van der Waals surface area contributed by atoms with Crippen LogP contribution < -0.4 is 15.9 Å². The number of rotatable bonds is 5. The number of benzene rings is 2. The molecular formula is C20H20ClN6P. The van der Waals surface area contributed by atoms with E-state index in [0.717, 1.165) is 22.3 Å². The van der Waals surface area contributed by atoms with Crippen LogP contribution in [0.2, 0.25) is 5.02 Å². The van der Waals surface area contributed by atoms with Crippen LogP contribution in [-0.2, 0) is 7.05 Å². The van der Waals surface area contributed by atoms with Gasteiger partial charge in [0.15, 0.2) is 5.82 Å². The maximum absolute atomic E-state index is 6.34. The molecule has 0 fully saturated rings. The van der Waals surface area contributed by atoms with Gasteiger partial charge in [-0.2, -0.15) is 10.1 Å². The van der Waals surface area contributed by atoms with Crippen molar-refractivity contribution in [3.63, 3.8) is 0 Å². The summed E-state index contributed by atoms with van der Waals surface area (Å²) in [5.41, 5.74) is 2.79. The van der Waals surface area contributed by atoms with Gasteiger partial charge in [0.25, 0.3) is 0 Å². The van der Waals surface area contributed by atoms with Gasteiger partial charge < -0.3 is 10.6 Å². The third kappa shape index (κ3) is 3.93. The van der Waals surface area contributed by atoms with Crippen molar-refractivity contribution in [2.75, 3.05) is 24.0 Å². The van der Waals surface area contributed by atoms with Gasteiger partial charge in [-0.25, -0.2) is 4.98 Å². The number of hydrogen-bond acceptors (Lipinski definition) is 5. The molecule has 2 aromatic carbocycles. The van der Waals surface area contributed by atoms with E-state index in [1.807, 2.05) is 49.6 Å². The predicted octanol–water partition coefficient (Wildman–Crippen LogP) is 4.87. The Morgan fingerprint density at radius 2 is 1.89 bits per heavy atom. The third-order valence-electron chi connectivity index (χ3n) is 4.26. The molecule has 6 nitrogen and oxygen atoms in total. The number of halogens is 1. The lowest BCUT2D eigenvalue weighted by atomic mass is 10.2. The van der Waals surface area contributed by atoms with Crippen LogP contribution in [0.5, 0.6) is 0 Å². The van der Waals surface area contributed by atoms with Crippen molar-refractivity contribution in [2.24, 2.45) is 7.05 Å². The second kappa shape index (κ2) is 7.74. The van der Waals surface area contributed by atoms with E-state index in [2.05, 4.69) is 45.1 Å². The Bertz CT molecular complexity index is 1140. The van der Waals surface area contributed by atoms with E-state index >= 15 is 0 Å². The van der Waals surface area contributed by atoms with Crippen LogP contribution >= 0.6 is 19.5 Å². The Morgan fingerprint density at radius 3 is 2.71 bits per heavy atom. The van der Waals surface area contributed by atoms with Crippen LogP contribution in [0.4, 0.5) is 23.1 Å². The van der Waals surface area contributed by atoms with Crippen molar-refractivity contribution >= 4 is 58.9 Å². The SMILES string of the molecule is Cn1cc2ccc(Nc3ncc(Cl)c(Nc4ccccc4P(C)C)n3)cc2n1. The Kier molecular flexibility index (Phi) is 5.16. The quantitative estimate of drug-likeness (QED) is 0.459. The smallest absolute Gasteiger partial charge is 0.229 e. The van der Waals surface area contributed by atoms with Crippen molar-refractivity contribution in [1.82, 2.24) is 19.7 Å². The number of anilines is 4. The van der Waals surface area contributed by atoms with Crippen molar-refractivity contribution in [3.8, 4) is 0 Å². The Balaban J connectivity index is 1.61. The average molecular weight is 411 g/mol. The molecule has 2 aromatic heterocycles. The fraction of sp³-hybridized carbons (Fsp3) is 0.150. The maximum Gasteiger partial charge on any atom is 0.229 e. The van der Waals surface area contributed by atoms with E-state index in [0.29, 0.717) is 16.8 Å². The Morgan fingerprint density at radius 1 is 1.07 bits per heavy atom. The zero-order valence-electron chi connectivity index (χ0n) is 15.8. The highest BCUT2D eigenvalue weighted by Gasteiger charge is 2.11. The molecule has 4 aromatic rings. The first kappa shape index (κ1) is 18.7. The van der Waals surface area contributed by atoms with Crippen molar-refractivity contribution in [2.45, 2.75) is 0 Å². The van der Waals surface area contributed by atoms with Crippen molar-refractivity contribution in [1.29, 1.82) is 0 Å². The molecular weight excluding hydrogens is 391 g/mol. The number of hydrogen-bond donors (Lipinski definition) is 2. The number of aromatic nitrogens is 4. The molecule has 0 spiro atoms. The first-order chi connectivity index (χ1) is 13.5. The first-order valence-corrected chi connectivity index (χ1v) is 11.4. The van der Waals surface area contributed by atoms with Crippen LogP contribution in [0.3, 0.4) is 0 Å². The summed E-state index contributed by atoms with van der Waals surface area (Å²) in [5, 5.41) is 13.8. The lowest BCUT2D eigenvalue weighted by Gasteiger charge is -2.15. The van der Waals surface area contributed by atoms with Crippen LogP contribution in [0.1, 0.15) is 0 Å². The highest BCUT2D eigenvalue weighted by molar-refractivity contribution is 7.64. The van der Waals surface area contributed by atoms with Crippen molar-refractivity contribution < 1.29 is 0 Å². The fourth-order valence-electron chi connectivity index (χ4n) is 2.96. The summed E-state index contributed by atoms with van der Waals surface area (Å²) in [6, 6.07) is 14.2. The summed E-state index contributed by atoms with van der Waals surface area (Å²) < 4.78 is 1.79. The molecule has 0 bridgehead atoms. The number of nitrogens with one attached hydrogen (secondary N) is 2. The van der Waals surface area contributed by atoms with Crippen LogP contribution in [0.15, 0.2) is 54.9 Å². The van der Waals surface area contributed by atoms with Crippen molar-refractivity contribution in [3.05, 3.63) is 59.9 Å². The van der Waals surface area contributed by atoms with Crippen LogP contribution in [-0.4, -0.2) is 33.1 Å². The molecule has 0 amide bonds. The molecule has 2 N–H and O–H groups in total. The normalized spacial score (nSPS) is 11.2. The Labute approximate surface area is 169 Å². The van der Waals surface area contributed by atoms with Gasteiger partial charge in [-0.15, -0.1) is 0 Å². The summed E-state index contributed by atoms with van der Waals surface area (Å²) in [6.07, 6.45) is 3.58. The second-order valence-electron chi connectivity index (χ2n) is 6.63. The third-order valence-corrected chi connectivity index (χ3v) is 5.89. The topological polar surface area (TPSA) is 67.7 Å². The molecule has 0 saturated heterocycles. The molecule has 0 aliphatic rings. The number of nitrogens with zero attached hydrogens (tertiary/aromatic N) is 4. The van der Waals surface area contributed by atoms with Gasteiger partial charge in [-0.1, -0.05) is 37.7 Å². The van der Waals surface area contributed by atoms with E-state index in [1.54, 1.807) is 10.9 Å². The van der Waals surface area contributed by atoms with E-state index in [4.69, 9.17) is 11.6 Å². The van der Waals surface area contributed by atoms with E-state index < -0.39 is 0 Å². The lowest BCUT2D eigenvalue weighted by Crippen LogP contribution is -2.09. The van der Waals surface area contributed by atoms with Gasteiger partial charge in [0.1, 0.15) is 5.02 Å². The molecule has 0 atom stereocenters. The standard InChI is InChI=1S/C20H20ClN6P/c1-27-12-13-8-9-14(10-17(13)26-27)23-20-22-11-15(21)19(25-20)24-16-6-4-5-7-18(16)28(2)3/h4-12H,1-3H3,(H2,22,23,24,25). The summed E-state index contributed by atoms with van der Waals surface area (Å²) >= 11 is 6.34. The minimum absolute atomic E-state index is 0.258. The largest absolute Gasteiger partial charge is 0.338 e. The number of fused-ring (bicyclic) bond motifs is 1. The number of para-hydroxylation sites is 1. The van der Waals surface area contributed by atoms with Crippen LogP contribution in [0, 0.1) is 0 Å². The van der Waals surface area contributed by atoms with E-state index in [-0.39, 0.29) is 7.92 Å². The molecule has 4 rings (SSSR count). The summed E-state index contributed by atoms with van der Waals surface area (Å²) in [5.74, 6) is 1.04. The summed E-state index contributed by atoms with van der Waals surface area (Å²) in [7, 11) is 1.65. The Hall–Kier alpha value is -2.69. The molecule has 142 valence electrons. The van der Waals surface area contributed by atoms with Gasteiger partial charge in [-0.3, -0.25) is 4.68 Å². The fourth-order valence-corrected chi connectivity index (χ4v) is 4.09. The molecule has 0 aliphatic carbocycles. The molecule has 8 heteroatoms. The molecule has 0 unspecified atom stereocenters. The lowest BCUT2D eigenvalue weighted by molar-refractivity contribution is 0.780. The van der Waals surface area contributed by atoms with Gasteiger partial charge in [0, 0.05) is 30.0 Å². The average Bonchev–Trinajstić information content (AvgIpc) is 3.04. The number of aryl methyl sites for hydroxylation is 1. The second-order valence-corrected chi connectivity index (χ2v) is 9.31. The summed E-state index contributed by atoms with van der Waals surface area (Å²) in [4.78, 5) is 8.87. The van der Waals surface area contributed by atoms with E-state index in [9.17, 15) is 0 Å². The highest BCUT2D eigenvalue weighted by Crippen LogP contribution is 2.31. The monoisotopic (exact) mass is 410 g/mol. The van der Waals surface area contributed by atoms with Gasteiger partial charge in [0.05, 0.1) is 11.7 Å². The molecule has 0 aliphatic heterocycles. The van der Waals surface area contributed by atoms with E-state index in [1.165, 1.54) is 5.30 Å². The molecule has 0 saturated carbocycles. The molecule has 28 heavy (non-hydrogen) atoms. The van der Waals surface area contributed by atoms with Gasteiger partial charge in [-0.05, 0) is 42.9 Å². The first-order valence-electron chi connectivity index (χ1n) is 8.76. The zero-order valence-corrected chi connectivity index (χ0v) is 17.5. The molecule has 0 radical (unpaired) electrons. The van der Waals surface area contributed by atoms with Gasteiger partial charge >= 0.3 is 0 Å².